The highest BCUT2D eigenvalue weighted by Gasteiger charge is 2.42. The molecule has 1 aliphatic carbocycles. The number of hydrogen-bond acceptors (Lipinski definition) is 2. The Bertz CT molecular complexity index is 614. The van der Waals surface area contributed by atoms with Crippen molar-refractivity contribution < 1.29 is 0 Å². The fraction of sp³-hybridized carbons (Fsp3) is 0.400. The number of rotatable bonds is 4. The molecule has 0 radical (unpaired) electrons. The average Bonchev–Trinajstić information content (AvgIpc) is 3.03. The molecule has 0 saturated heterocycles. The first-order chi connectivity index (χ1) is 8.76. The SMILES string of the molecule is N#CCC1(Cn2ccc3ccc(CN)cc32)CC1. The second-order valence-electron chi connectivity index (χ2n) is 5.38. The maximum Gasteiger partial charge on any atom is 0.0628 e. The van der Waals surface area contributed by atoms with Gasteiger partial charge in [-0.1, -0.05) is 12.1 Å². The van der Waals surface area contributed by atoms with E-state index in [1.807, 2.05) is 0 Å². The molecule has 1 aromatic heterocycles. The highest BCUT2D eigenvalue weighted by Crippen LogP contribution is 2.50. The smallest absolute Gasteiger partial charge is 0.0628 e. The van der Waals surface area contributed by atoms with Crippen LogP contribution in [-0.2, 0) is 13.1 Å². The van der Waals surface area contributed by atoms with Gasteiger partial charge in [-0.05, 0) is 35.9 Å². The average molecular weight is 239 g/mol. The van der Waals surface area contributed by atoms with Gasteiger partial charge in [-0.3, -0.25) is 0 Å². The minimum Gasteiger partial charge on any atom is -0.347 e. The minimum absolute atomic E-state index is 0.236. The third-order valence-corrected chi connectivity index (χ3v) is 3.99. The van der Waals surface area contributed by atoms with E-state index in [9.17, 15) is 0 Å². The van der Waals surface area contributed by atoms with Gasteiger partial charge in [0.1, 0.15) is 0 Å². The lowest BCUT2D eigenvalue weighted by Gasteiger charge is -2.13. The van der Waals surface area contributed by atoms with E-state index in [1.165, 1.54) is 23.7 Å². The van der Waals surface area contributed by atoms with Gasteiger partial charge in [0.2, 0.25) is 0 Å². The second-order valence-corrected chi connectivity index (χ2v) is 5.38. The first-order valence-corrected chi connectivity index (χ1v) is 6.41. The van der Waals surface area contributed by atoms with Crippen LogP contribution >= 0.6 is 0 Å². The van der Waals surface area contributed by atoms with Gasteiger partial charge in [-0.2, -0.15) is 5.26 Å². The van der Waals surface area contributed by atoms with E-state index < -0.39 is 0 Å². The summed E-state index contributed by atoms with van der Waals surface area (Å²) < 4.78 is 2.28. The lowest BCUT2D eigenvalue weighted by Crippen LogP contribution is -2.10. The van der Waals surface area contributed by atoms with Crippen molar-refractivity contribution in [1.82, 2.24) is 4.57 Å². The number of benzene rings is 1. The van der Waals surface area contributed by atoms with E-state index >= 15 is 0 Å². The number of nitrogens with zero attached hydrogens (tertiary/aromatic N) is 2. The Morgan fingerprint density at radius 1 is 1.33 bits per heavy atom. The van der Waals surface area contributed by atoms with Gasteiger partial charge in [0.05, 0.1) is 6.07 Å². The van der Waals surface area contributed by atoms with Crippen molar-refractivity contribution >= 4 is 10.9 Å². The largest absolute Gasteiger partial charge is 0.347 e. The van der Waals surface area contributed by atoms with Gasteiger partial charge >= 0.3 is 0 Å². The van der Waals surface area contributed by atoms with E-state index in [2.05, 4.69) is 41.1 Å². The molecule has 92 valence electrons. The van der Waals surface area contributed by atoms with E-state index in [-0.39, 0.29) is 5.41 Å². The third-order valence-electron chi connectivity index (χ3n) is 3.99. The summed E-state index contributed by atoms with van der Waals surface area (Å²) >= 11 is 0. The van der Waals surface area contributed by atoms with Gasteiger partial charge in [0.15, 0.2) is 0 Å². The summed E-state index contributed by atoms with van der Waals surface area (Å²) in [6.45, 7) is 1.53. The Morgan fingerprint density at radius 3 is 2.83 bits per heavy atom. The zero-order valence-electron chi connectivity index (χ0n) is 10.4. The standard InChI is InChI=1S/C15H17N3/c16-7-6-15(4-5-15)11-18-8-3-13-2-1-12(10-17)9-14(13)18/h1-3,8-9H,4-6,10-11,17H2. The highest BCUT2D eigenvalue weighted by atomic mass is 15.0. The molecule has 0 atom stereocenters. The van der Waals surface area contributed by atoms with Gasteiger partial charge < -0.3 is 10.3 Å². The summed E-state index contributed by atoms with van der Waals surface area (Å²) in [4.78, 5) is 0. The summed E-state index contributed by atoms with van der Waals surface area (Å²) in [6.07, 6.45) is 5.15. The van der Waals surface area contributed by atoms with Gasteiger partial charge in [-0.15, -0.1) is 0 Å². The minimum atomic E-state index is 0.236. The molecule has 18 heavy (non-hydrogen) atoms. The molecule has 1 heterocycles. The third kappa shape index (κ3) is 1.89. The fourth-order valence-electron chi connectivity index (χ4n) is 2.59. The van der Waals surface area contributed by atoms with Crippen molar-refractivity contribution in [1.29, 1.82) is 5.26 Å². The number of hydrogen-bond donors (Lipinski definition) is 1. The van der Waals surface area contributed by atoms with Crippen LogP contribution in [0.3, 0.4) is 0 Å². The van der Waals surface area contributed by atoms with E-state index in [0.29, 0.717) is 13.0 Å². The molecule has 0 aliphatic heterocycles. The van der Waals surface area contributed by atoms with E-state index in [1.54, 1.807) is 0 Å². The van der Waals surface area contributed by atoms with Crippen LogP contribution in [0.1, 0.15) is 24.8 Å². The van der Waals surface area contributed by atoms with Crippen LogP contribution in [0.15, 0.2) is 30.5 Å². The Labute approximate surface area is 107 Å². The van der Waals surface area contributed by atoms with Crippen LogP contribution < -0.4 is 5.73 Å². The molecule has 0 bridgehead atoms. The molecular formula is C15H17N3. The molecule has 0 amide bonds. The Morgan fingerprint density at radius 2 is 2.17 bits per heavy atom. The predicted molar refractivity (Wildman–Crippen MR) is 71.7 cm³/mol. The topological polar surface area (TPSA) is 54.7 Å². The quantitative estimate of drug-likeness (QED) is 0.892. The number of aromatic nitrogens is 1. The zero-order valence-corrected chi connectivity index (χ0v) is 10.4. The molecule has 1 aromatic carbocycles. The Balaban J connectivity index is 1.95. The maximum absolute atomic E-state index is 8.89. The normalized spacial score (nSPS) is 16.7. The fourth-order valence-corrected chi connectivity index (χ4v) is 2.59. The molecule has 3 heteroatoms. The summed E-state index contributed by atoms with van der Waals surface area (Å²) in [5, 5.41) is 10.1. The van der Waals surface area contributed by atoms with Crippen molar-refractivity contribution in [3.05, 3.63) is 36.0 Å². The van der Waals surface area contributed by atoms with Crippen molar-refractivity contribution in [2.24, 2.45) is 11.1 Å². The first kappa shape index (κ1) is 11.3. The van der Waals surface area contributed by atoms with Crippen LogP contribution in [0.4, 0.5) is 0 Å². The summed E-state index contributed by atoms with van der Waals surface area (Å²) in [5.74, 6) is 0. The van der Waals surface area contributed by atoms with E-state index in [4.69, 9.17) is 11.0 Å². The van der Waals surface area contributed by atoms with Gasteiger partial charge in [-0.25, -0.2) is 0 Å². The first-order valence-electron chi connectivity index (χ1n) is 6.41. The van der Waals surface area contributed by atoms with Crippen molar-refractivity contribution in [3.8, 4) is 6.07 Å². The summed E-state index contributed by atoms with van der Waals surface area (Å²) in [5.41, 5.74) is 8.33. The van der Waals surface area contributed by atoms with Gasteiger partial charge in [0, 0.05) is 36.6 Å². The molecule has 3 rings (SSSR count). The van der Waals surface area contributed by atoms with Crippen LogP contribution in [0, 0.1) is 16.7 Å². The molecule has 1 aliphatic rings. The lowest BCUT2D eigenvalue weighted by atomic mass is 10.0. The lowest BCUT2D eigenvalue weighted by molar-refractivity contribution is 0.440. The van der Waals surface area contributed by atoms with Crippen LogP contribution in [-0.4, -0.2) is 4.57 Å². The zero-order chi connectivity index (χ0) is 12.6. The molecule has 0 spiro atoms. The van der Waals surface area contributed by atoms with E-state index in [0.717, 1.165) is 12.1 Å². The monoisotopic (exact) mass is 239 g/mol. The summed E-state index contributed by atoms with van der Waals surface area (Å²) in [7, 11) is 0. The molecular weight excluding hydrogens is 222 g/mol. The van der Waals surface area contributed by atoms with Gasteiger partial charge in [0.25, 0.3) is 0 Å². The molecule has 0 unspecified atom stereocenters. The van der Waals surface area contributed by atoms with Crippen LogP contribution in [0.5, 0.6) is 0 Å². The molecule has 1 saturated carbocycles. The predicted octanol–water partition coefficient (Wildman–Crippen LogP) is 2.79. The number of nitrogens with two attached hydrogens (primary N) is 1. The van der Waals surface area contributed by atoms with Crippen molar-refractivity contribution in [2.75, 3.05) is 0 Å². The van der Waals surface area contributed by atoms with Crippen LogP contribution in [0.25, 0.3) is 10.9 Å². The number of nitriles is 1. The molecule has 1 fully saturated rings. The molecule has 3 nitrogen and oxygen atoms in total. The summed E-state index contributed by atoms with van der Waals surface area (Å²) in [6, 6.07) is 10.8. The Hall–Kier alpha value is -1.79. The maximum atomic E-state index is 8.89. The van der Waals surface area contributed by atoms with Crippen molar-refractivity contribution in [3.63, 3.8) is 0 Å². The molecule has 2 aromatic rings. The van der Waals surface area contributed by atoms with Crippen LogP contribution in [0.2, 0.25) is 0 Å². The second kappa shape index (κ2) is 4.15. The number of fused-ring (bicyclic) bond motifs is 1. The molecule has 2 N–H and O–H groups in total. The van der Waals surface area contributed by atoms with Crippen molar-refractivity contribution in [2.45, 2.75) is 32.4 Å². The Kier molecular flexibility index (Phi) is 2.61. The highest BCUT2D eigenvalue weighted by molar-refractivity contribution is 5.80.